The molecule has 1 amide bonds. The quantitative estimate of drug-likeness (QED) is 0.761. The van der Waals surface area contributed by atoms with E-state index in [9.17, 15) is 4.79 Å². The fourth-order valence-electron chi connectivity index (χ4n) is 2.63. The SMILES string of the molecule is CC(Cl)c1ccc(C(=O)N2C(C)CCCC2C)o1. The number of carbonyl (C=O) groups is 1. The number of furan rings is 1. The maximum atomic E-state index is 12.4. The second-order valence-corrected chi connectivity index (χ2v) is 5.81. The summed E-state index contributed by atoms with van der Waals surface area (Å²) < 4.78 is 5.53. The molecule has 18 heavy (non-hydrogen) atoms. The van der Waals surface area contributed by atoms with Crippen LogP contribution in [0, 0.1) is 0 Å². The smallest absolute Gasteiger partial charge is 0.290 e. The van der Waals surface area contributed by atoms with Gasteiger partial charge in [0.15, 0.2) is 5.76 Å². The second-order valence-electron chi connectivity index (χ2n) is 5.16. The summed E-state index contributed by atoms with van der Waals surface area (Å²) in [5, 5.41) is -0.206. The second kappa shape index (κ2) is 5.35. The summed E-state index contributed by atoms with van der Waals surface area (Å²) in [6.07, 6.45) is 3.32. The summed E-state index contributed by atoms with van der Waals surface area (Å²) in [5.41, 5.74) is 0. The molecule has 0 spiro atoms. The largest absolute Gasteiger partial charge is 0.454 e. The Morgan fingerprint density at radius 1 is 1.39 bits per heavy atom. The zero-order chi connectivity index (χ0) is 13.3. The molecule has 3 nitrogen and oxygen atoms in total. The molecule has 1 aliphatic heterocycles. The van der Waals surface area contributed by atoms with E-state index < -0.39 is 0 Å². The van der Waals surface area contributed by atoms with Crippen molar-refractivity contribution in [2.45, 2.75) is 57.5 Å². The number of likely N-dealkylation sites (tertiary alicyclic amines) is 1. The van der Waals surface area contributed by atoms with Crippen molar-refractivity contribution in [3.63, 3.8) is 0 Å². The van der Waals surface area contributed by atoms with Crippen LogP contribution in [0.3, 0.4) is 0 Å². The molecule has 3 atom stereocenters. The van der Waals surface area contributed by atoms with E-state index in [1.54, 1.807) is 12.1 Å². The molecule has 0 saturated carbocycles. The molecule has 100 valence electrons. The first-order valence-electron chi connectivity index (χ1n) is 6.57. The minimum atomic E-state index is -0.206. The number of piperidine rings is 1. The number of rotatable bonds is 2. The van der Waals surface area contributed by atoms with E-state index in [0.717, 1.165) is 12.8 Å². The highest BCUT2D eigenvalue weighted by Gasteiger charge is 2.31. The fraction of sp³-hybridized carbons (Fsp3) is 0.643. The standard InChI is InChI=1S/C14H20ClNO2/c1-9-5-4-6-10(2)16(9)14(17)13-8-7-12(18-13)11(3)15/h7-11H,4-6H2,1-3H3. The first kappa shape index (κ1) is 13.5. The molecule has 1 saturated heterocycles. The Hall–Kier alpha value is -0.960. The minimum absolute atomic E-state index is 0.0155. The van der Waals surface area contributed by atoms with E-state index in [-0.39, 0.29) is 23.4 Å². The topological polar surface area (TPSA) is 33.5 Å². The summed E-state index contributed by atoms with van der Waals surface area (Å²) in [7, 11) is 0. The van der Waals surface area contributed by atoms with Crippen LogP contribution in [0.4, 0.5) is 0 Å². The monoisotopic (exact) mass is 269 g/mol. The van der Waals surface area contributed by atoms with Crippen molar-refractivity contribution in [1.82, 2.24) is 4.90 Å². The molecule has 0 N–H and O–H groups in total. The molecule has 1 aromatic rings. The molecule has 0 bridgehead atoms. The average molecular weight is 270 g/mol. The maximum absolute atomic E-state index is 12.4. The van der Waals surface area contributed by atoms with Crippen LogP contribution >= 0.6 is 11.6 Å². The number of nitrogens with zero attached hydrogens (tertiary/aromatic N) is 1. The van der Waals surface area contributed by atoms with Crippen LogP contribution < -0.4 is 0 Å². The third-order valence-corrected chi connectivity index (χ3v) is 3.87. The van der Waals surface area contributed by atoms with Gasteiger partial charge in [-0.2, -0.15) is 0 Å². The molecular formula is C14H20ClNO2. The summed E-state index contributed by atoms with van der Waals surface area (Å²) in [6, 6.07) is 4.07. The molecule has 1 aromatic heterocycles. The average Bonchev–Trinajstić information content (AvgIpc) is 2.77. The van der Waals surface area contributed by atoms with Crippen molar-refractivity contribution in [3.05, 3.63) is 23.7 Å². The van der Waals surface area contributed by atoms with Crippen LogP contribution in [0.1, 0.15) is 61.7 Å². The van der Waals surface area contributed by atoms with E-state index >= 15 is 0 Å². The molecule has 4 heteroatoms. The van der Waals surface area contributed by atoms with Gasteiger partial charge in [0.1, 0.15) is 5.76 Å². The van der Waals surface area contributed by atoms with Crippen LogP contribution in [0.2, 0.25) is 0 Å². The van der Waals surface area contributed by atoms with E-state index in [2.05, 4.69) is 13.8 Å². The Morgan fingerprint density at radius 3 is 2.50 bits per heavy atom. The summed E-state index contributed by atoms with van der Waals surface area (Å²) in [5.74, 6) is 1.04. The van der Waals surface area contributed by atoms with Gasteiger partial charge in [-0.15, -0.1) is 11.6 Å². The highest BCUT2D eigenvalue weighted by Crippen LogP contribution is 2.27. The zero-order valence-electron chi connectivity index (χ0n) is 11.1. The fourth-order valence-corrected chi connectivity index (χ4v) is 2.75. The number of carbonyl (C=O) groups excluding carboxylic acids is 1. The molecular weight excluding hydrogens is 250 g/mol. The van der Waals surface area contributed by atoms with Crippen LogP contribution in [0.15, 0.2) is 16.5 Å². The van der Waals surface area contributed by atoms with Crippen molar-refractivity contribution in [3.8, 4) is 0 Å². The lowest BCUT2D eigenvalue weighted by molar-refractivity contribution is 0.0477. The zero-order valence-corrected chi connectivity index (χ0v) is 11.9. The predicted octanol–water partition coefficient (Wildman–Crippen LogP) is 3.98. The normalized spacial score (nSPS) is 26.1. The van der Waals surface area contributed by atoms with E-state index in [4.69, 9.17) is 16.0 Å². The molecule has 0 radical (unpaired) electrons. The Bertz CT molecular complexity index is 417. The van der Waals surface area contributed by atoms with Gasteiger partial charge in [-0.3, -0.25) is 4.79 Å². The number of alkyl halides is 1. The van der Waals surface area contributed by atoms with Gasteiger partial charge in [0.2, 0.25) is 0 Å². The Morgan fingerprint density at radius 2 is 2.00 bits per heavy atom. The van der Waals surface area contributed by atoms with Gasteiger partial charge in [-0.05, 0) is 52.2 Å². The van der Waals surface area contributed by atoms with Crippen LogP contribution in [-0.4, -0.2) is 22.9 Å². The van der Waals surface area contributed by atoms with Crippen molar-refractivity contribution in [2.24, 2.45) is 0 Å². The summed E-state index contributed by atoms with van der Waals surface area (Å²) in [4.78, 5) is 14.4. The predicted molar refractivity (Wildman–Crippen MR) is 71.9 cm³/mol. The van der Waals surface area contributed by atoms with Crippen molar-refractivity contribution in [1.29, 1.82) is 0 Å². The third kappa shape index (κ3) is 2.56. The van der Waals surface area contributed by atoms with Crippen molar-refractivity contribution >= 4 is 17.5 Å². The summed E-state index contributed by atoms with van der Waals surface area (Å²) >= 11 is 5.95. The van der Waals surface area contributed by atoms with Crippen molar-refractivity contribution in [2.75, 3.05) is 0 Å². The number of hydrogen-bond donors (Lipinski definition) is 0. The van der Waals surface area contributed by atoms with Crippen molar-refractivity contribution < 1.29 is 9.21 Å². The number of amides is 1. The van der Waals surface area contributed by atoms with Gasteiger partial charge in [-0.1, -0.05) is 0 Å². The number of halogens is 1. The Balaban J connectivity index is 2.18. The Kier molecular flexibility index (Phi) is 4.00. The van der Waals surface area contributed by atoms with Gasteiger partial charge >= 0.3 is 0 Å². The third-order valence-electron chi connectivity index (χ3n) is 3.66. The van der Waals surface area contributed by atoms with E-state index in [0.29, 0.717) is 11.5 Å². The first-order chi connectivity index (χ1) is 8.50. The highest BCUT2D eigenvalue weighted by molar-refractivity contribution is 6.20. The lowest BCUT2D eigenvalue weighted by Gasteiger charge is -2.38. The van der Waals surface area contributed by atoms with E-state index in [1.807, 2.05) is 11.8 Å². The van der Waals surface area contributed by atoms with Crippen LogP contribution in [0.5, 0.6) is 0 Å². The Labute approximate surface area is 113 Å². The molecule has 0 aromatic carbocycles. The first-order valence-corrected chi connectivity index (χ1v) is 7.00. The highest BCUT2D eigenvalue weighted by atomic mass is 35.5. The van der Waals surface area contributed by atoms with Crippen LogP contribution in [-0.2, 0) is 0 Å². The van der Waals surface area contributed by atoms with Gasteiger partial charge in [-0.25, -0.2) is 0 Å². The lowest BCUT2D eigenvalue weighted by Crippen LogP contribution is -2.47. The molecule has 1 aliphatic rings. The molecule has 2 heterocycles. The molecule has 2 rings (SSSR count). The van der Waals surface area contributed by atoms with Gasteiger partial charge < -0.3 is 9.32 Å². The van der Waals surface area contributed by atoms with E-state index in [1.165, 1.54) is 6.42 Å². The molecule has 1 fully saturated rings. The lowest BCUT2D eigenvalue weighted by atomic mass is 9.97. The maximum Gasteiger partial charge on any atom is 0.290 e. The molecule has 3 unspecified atom stereocenters. The van der Waals surface area contributed by atoms with Gasteiger partial charge in [0, 0.05) is 12.1 Å². The number of hydrogen-bond acceptors (Lipinski definition) is 2. The summed E-state index contributed by atoms with van der Waals surface area (Å²) in [6.45, 7) is 6.03. The van der Waals surface area contributed by atoms with Gasteiger partial charge in [0.25, 0.3) is 5.91 Å². The minimum Gasteiger partial charge on any atom is -0.454 e. The van der Waals surface area contributed by atoms with Crippen LogP contribution in [0.25, 0.3) is 0 Å². The van der Waals surface area contributed by atoms with Gasteiger partial charge in [0.05, 0.1) is 5.38 Å². The molecule has 0 aliphatic carbocycles.